The molecule has 0 aliphatic carbocycles. The van der Waals surface area contributed by atoms with E-state index in [2.05, 4.69) is 20.5 Å². The number of aryl methyl sites for hydroxylation is 1. The van der Waals surface area contributed by atoms with Crippen molar-refractivity contribution in [2.45, 2.75) is 26.3 Å². The number of rotatable bonds is 9. The minimum atomic E-state index is -0.718. The van der Waals surface area contributed by atoms with E-state index < -0.39 is 11.6 Å². The first-order valence-corrected chi connectivity index (χ1v) is 15.2. The number of fused-ring (bicyclic) bond motifs is 3. The molecule has 1 unspecified atom stereocenters. The summed E-state index contributed by atoms with van der Waals surface area (Å²) in [6.07, 6.45) is 12.8. The van der Waals surface area contributed by atoms with Gasteiger partial charge in [0.15, 0.2) is 23.1 Å². The second kappa shape index (κ2) is 14.4. The molecule has 238 valence electrons. The Morgan fingerprint density at radius 1 is 1.22 bits per heavy atom. The van der Waals surface area contributed by atoms with Crippen LogP contribution in [-0.4, -0.2) is 81.0 Å². The van der Waals surface area contributed by atoms with Crippen molar-refractivity contribution in [1.29, 1.82) is 0 Å². The maximum Gasteiger partial charge on any atom is 0.246 e. The maximum absolute atomic E-state index is 15.4. The van der Waals surface area contributed by atoms with Crippen molar-refractivity contribution >= 4 is 23.1 Å². The van der Waals surface area contributed by atoms with Gasteiger partial charge in [-0.1, -0.05) is 25.1 Å². The van der Waals surface area contributed by atoms with Gasteiger partial charge in [-0.15, -0.1) is 0 Å². The van der Waals surface area contributed by atoms with Crippen LogP contribution < -0.4 is 25.0 Å². The highest BCUT2D eigenvalue weighted by atomic mass is 19.1. The molecule has 0 saturated carbocycles. The van der Waals surface area contributed by atoms with Gasteiger partial charge < -0.3 is 34.8 Å². The van der Waals surface area contributed by atoms with Crippen molar-refractivity contribution in [2.75, 3.05) is 63.6 Å². The number of hydrogen-bond donors (Lipinski definition) is 2. The molecular weight excluding hydrogens is 578 g/mol. The molecule has 3 aliphatic rings. The van der Waals surface area contributed by atoms with Gasteiger partial charge in [-0.25, -0.2) is 13.8 Å². The van der Waals surface area contributed by atoms with E-state index in [0.29, 0.717) is 62.2 Å². The van der Waals surface area contributed by atoms with Crippen molar-refractivity contribution in [3.05, 3.63) is 95.6 Å². The Labute approximate surface area is 263 Å². The molecule has 1 amide bonds. The minimum absolute atomic E-state index is 0.0113. The number of nitrogens with one attached hydrogen (secondary N) is 2. The lowest BCUT2D eigenvalue weighted by Gasteiger charge is -2.46. The number of carbonyl (C=O) groups excluding carboxylic acids is 1. The number of dihydropyridines is 1. The normalized spacial score (nSPS) is 18.1. The number of likely N-dealkylation sites (N-methyl/N-ethyl adjacent to an activating group) is 1. The summed E-state index contributed by atoms with van der Waals surface area (Å²) in [5.41, 5.74) is 2.30. The highest BCUT2D eigenvalue weighted by Gasteiger charge is 2.36. The number of amidine groups is 1. The number of aliphatic imine (C=N–C) groups is 1. The van der Waals surface area contributed by atoms with Crippen LogP contribution in [0.1, 0.15) is 24.5 Å². The third kappa shape index (κ3) is 7.54. The van der Waals surface area contributed by atoms with Gasteiger partial charge in [-0.2, -0.15) is 0 Å². The third-order valence-electron chi connectivity index (χ3n) is 7.67. The van der Waals surface area contributed by atoms with Gasteiger partial charge in [0.05, 0.1) is 23.0 Å². The SMILES string of the molecule is CC/C=C/N=C(Nc1cc(F)c(OC2=CCNC=C2)cc1F)c1c(C)ccc2c1OCC1CN(C(=O)/C=C/CN(C)C)CCN21. The number of carbonyl (C=O) groups is 1. The summed E-state index contributed by atoms with van der Waals surface area (Å²) in [4.78, 5) is 23.6. The molecule has 1 atom stereocenters. The van der Waals surface area contributed by atoms with Crippen molar-refractivity contribution in [2.24, 2.45) is 4.99 Å². The summed E-state index contributed by atoms with van der Waals surface area (Å²) in [5.74, 6) is -0.281. The van der Waals surface area contributed by atoms with Crippen LogP contribution in [0.2, 0.25) is 0 Å². The Bertz CT molecular complexity index is 1570. The molecule has 2 N–H and O–H groups in total. The molecule has 2 aromatic rings. The standard InChI is InChI=1S/C34H40F2N6O3/c1-5-6-13-38-34(39-28-19-27(36)30(20-26(28)35)45-25-11-14-37-15-12-25)32-23(2)9-10-29-33(32)44-22-24-21-41(17-18-42(24)29)31(43)8-7-16-40(3)4/h6-14,19-20,24,37H,5,15-18,21-22H2,1-4H3,(H,38,39)/b8-7+,13-6+. The Hall–Kier alpha value is -4.64. The van der Waals surface area contributed by atoms with Crippen molar-refractivity contribution in [3.8, 4) is 11.5 Å². The first-order chi connectivity index (χ1) is 21.7. The number of ether oxygens (including phenoxy) is 2. The molecular formula is C34H40F2N6O3. The number of hydrogen-bond acceptors (Lipinski definition) is 7. The molecule has 45 heavy (non-hydrogen) atoms. The first-order valence-electron chi connectivity index (χ1n) is 15.2. The second-order valence-electron chi connectivity index (χ2n) is 11.3. The number of halogens is 2. The van der Waals surface area contributed by atoms with E-state index in [4.69, 9.17) is 9.47 Å². The number of nitrogens with zero attached hydrogens (tertiary/aromatic N) is 4. The van der Waals surface area contributed by atoms with E-state index in [1.165, 1.54) is 0 Å². The topological polar surface area (TPSA) is 81.7 Å². The number of amides is 1. The summed E-state index contributed by atoms with van der Waals surface area (Å²) in [6.45, 7) is 7.25. The lowest BCUT2D eigenvalue weighted by molar-refractivity contribution is -0.127. The summed E-state index contributed by atoms with van der Waals surface area (Å²) in [6, 6.07) is 6.05. The van der Waals surface area contributed by atoms with Crippen LogP contribution in [0, 0.1) is 18.6 Å². The highest BCUT2D eigenvalue weighted by molar-refractivity contribution is 6.12. The van der Waals surface area contributed by atoms with E-state index in [1.54, 1.807) is 30.6 Å². The molecule has 9 nitrogen and oxygen atoms in total. The second-order valence-corrected chi connectivity index (χ2v) is 11.3. The Kier molecular flexibility index (Phi) is 10.2. The summed E-state index contributed by atoms with van der Waals surface area (Å²) >= 11 is 0. The highest BCUT2D eigenvalue weighted by Crippen LogP contribution is 2.40. The zero-order valence-electron chi connectivity index (χ0n) is 26.1. The third-order valence-corrected chi connectivity index (χ3v) is 7.67. The molecule has 11 heteroatoms. The number of anilines is 2. The fourth-order valence-corrected chi connectivity index (χ4v) is 5.36. The minimum Gasteiger partial charge on any atom is -0.488 e. The molecule has 1 fully saturated rings. The van der Waals surface area contributed by atoms with E-state index >= 15 is 8.78 Å². The zero-order valence-corrected chi connectivity index (χ0v) is 26.1. The van der Waals surface area contributed by atoms with Crippen LogP contribution in [0.5, 0.6) is 11.5 Å². The molecule has 5 rings (SSSR count). The Morgan fingerprint density at radius 3 is 2.82 bits per heavy atom. The quantitative estimate of drug-likeness (QED) is 0.234. The smallest absolute Gasteiger partial charge is 0.246 e. The lowest BCUT2D eigenvalue weighted by atomic mass is 10.0. The van der Waals surface area contributed by atoms with Gasteiger partial charge in [-0.05, 0) is 51.2 Å². The lowest BCUT2D eigenvalue weighted by Crippen LogP contribution is -2.58. The van der Waals surface area contributed by atoms with Crippen LogP contribution in [-0.2, 0) is 4.79 Å². The van der Waals surface area contributed by atoms with Gasteiger partial charge in [0, 0.05) is 63.3 Å². The number of benzene rings is 2. The average Bonchev–Trinajstić information content (AvgIpc) is 3.02. The van der Waals surface area contributed by atoms with Crippen LogP contribution in [0.15, 0.2) is 77.8 Å². The molecule has 3 heterocycles. The first kappa shape index (κ1) is 31.8. The van der Waals surface area contributed by atoms with E-state index in [-0.39, 0.29) is 23.4 Å². The van der Waals surface area contributed by atoms with Gasteiger partial charge >= 0.3 is 0 Å². The summed E-state index contributed by atoms with van der Waals surface area (Å²) in [5, 5.41) is 6.02. The Balaban J connectivity index is 1.41. The predicted molar refractivity (Wildman–Crippen MR) is 174 cm³/mol. The van der Waals surface area contributed by atoms with Crippen LogP contribution >= 0.6 is 0 Å². The fraction of sp³-hybridized carbons (Fsp3) is 0.353. The maximum atomic E-state index is 15.4. The molecule has 0 bridgehead atoms. The largest absolute Gasteiger partial charge is 0.488 e. The van der Waals surface area contributed by atoms with Crippen molar-refractivity contribution < 1.29 is 23.0 Å². The van der Waals surface area contributed by atoms with Crippen LogP contribution in [0.25, 0.3) is 0 Å². The van der Waals surface area contributed by atoms with Crippen LogP contribution in [0.4, 0.5) is 20.2 Å². The van der Waals surface area contributed by atoms with E-state index in [1.807, 2.05) is 62.0 Å². The molecule has 0 radical (unpaired) electrons. The monoisotopic (exact) mass is 618 g/mol. The van der Waals surface area contributed by atoms with Gasteiger partial charge in [0.1, 0.15) is 18.2 Å². The Morgan fingerprint density at radius 2 is 2.07 bits per heavy atom. The summed E-state index contributed by atoms with van der Waals surface area (Å²) in [7, 11) is 3.91. The zero-order chi connectivity index (χ0) is 31.9. The molecule has 2 aromatic carbocycles. The summed E-state index contributed by atoms with van der Waals surface area (Å²) < 4.78 is 42.5. The van der Waals surface area contributed by atoms with E-state index in [0.717, 1.165) is 29.8 Å². The fourth-order valence-electron chi connectivity index (χ4n) is 5.36. The molecule has 0 spiro atoms. The van der Waals surface area contributed by atoms with E-state index in [9.17, 15) is 4.79 Å². The van der Waals surface area contributed by atoms with Gasteiger partial charge in [0.25, 0.3) is 0 Å². The van der Waals surface area contributed by atoms with Crippen molar-refractivity contribution in [1.82, 2.24) is 15.1 Å². The number of piperazine rings is 1. The predicted octanol–water partition coefficient (Wildman–Crippen LogP) is 4.96. The number of allylic oxidation sites excluding steroid dienone is 2. The molecule has 3 aliphatic heterocycles. The van der Waals surface area contributed by atoms with Crippen molar-refractivity contribution in [3.63, 3.8) is 0 Å². The molecule has 1 saturated heterocycles. The van der Waals surface area contributed by atoms with Crippen LogP contribution in [0.3, 0.4) is 0 Å². The van der Waals surface area contributed by atoms with Gasteiger partial charge in [-0.3, -0.25) is 4.79 Å². The average molecular weight is 619 g/mol. The van der Waals surface area contributed by atoms with Gasteiger partial charge in [0.2, 0.25) is 5.91 Å². The molecule has 0 aromatic heterocycles.